The first kappa shape index (κ1) is 21.1. The van der Waals surface area contributed by atoms with E-state index < -0.39 is 5.41 Å². The number of hydrogen-bond donors (Lipinski definition) is 2. The van der Waals surface area contributed by atoms with Crippen LogP contribution in [0.25, 0.3) is 6.08 Å². The second-order valence-corrected chi connectivity index (χ2v) is 7.66. The highest BCUT2D eigenvalue weighted by Crippen LogP contribution is 2.36. The fraction of sp³-hybridized carbons (Fsp3) is 0.227. The Morgan fingerprint density at radius 1 is 1.14 bits per heavy atom. The second-order valence-electron chi connectivity index (χ2n) is 6.85. The maximum atomic E-state index is 12.5. The zero-order chi connectivity index (χ0) is 21.0. The van der Waals surface area contributed by atoms with E-state index in [9.17, 15) is 14.4 Å². The standard InChI is InChI=1S/C22H20Cl2N2O3/c1-2-22(13-12-20(28)26-21(22)29)14-6-8-15(9-7-14)25-19(27)11-10-16-17(23)4-3-5-18(16)24/h3-11H,2,12-13H2,1H3,(H,25,27)(H,26,28,29)/b11-10+. The molecule has 7 heteroatoms. The lowest BCUT2D eigenvalue weighted by molar-refractivity contribution is -0.138. The first-order valence-corrected chi connectivity index (χ1v) is 9.99. The number of imide groups is 1. The highest BCUT2D eigenvalue weighted by atomic mass is 35.5. The largest absolute Gasteiger partial charge is 0.323 e. The third-order valence-corrected chi connectivity index (χ3v) is 5.84. The number of rotatable bonds is 5. The van der Waals surface area contributed by atoms with Gasteiger partial charge in [0.1, 0.15) is 0 Å². The van der Waals surface area contributed by atoms with Crippen molar-refractivity contribution in [3.05, 3.63) is 69.7 Å². The summed E-state index contributed by atoms with van der Waals surface area (Å²) in [6, 6.07) is 12.2. The minimum atomic E-state index is -0.725. The van der Waals surface area contributed by atoms with Crippen LogP contribution in [0.5, 0.6) is 0 Å². The minimum absolute atomic E-state index is 0.242. The van der Waals surface area contributed by atoms with Crippen LogP contribution in [0.4, 0.5) is 5.69 Å². The fourth-order valence-electron chi connectivity index (χ4n) is 3.45. The predicted octanol–water partition coefficient (Wildman–Crippen LogP) is 4.73. The van der Waals surface area contributed by atoms with Gasteiger partial charge in [-0.3, -0.25) is 19.7 Å². The summed E-state index contributed by atoms with van der Waals surface area (Å²) in [6.07, 6.45) is 4.28. The summed E-state index contributed by atoms with van der Waals surface area (Å²) in [4.78, 5) is 36.2. The van der Waals surface area contributed by atoms with E-state index in [4.69, 9.17) is 23.2 Å². The van der Waals surface area contributed by atoms with Crippen LogP contribution in [0.1, 0.15) is 37.3 Å². The van der Waals surface area contributed by atoms with Crippen molar-refractivity contribution in [2.45, 2.75) is 31.6 Å². The summed E-state index contributed by atoms with van der Waals surface area (Å²) in [7, 11) is 0. The molecule has 1 atom stereocenters. The molecule has 0 bridgehead atoms. The summed E-state index contributed by atoms with van der Waals surface area (Å²) in [5, 5.41) is 6.11. The lowest BCUT2D eigenvalue weighted by Crippen LogP contribution is -2.51. The van der Waals surface area contributed by atoms with Crippen LogP contribution >= 0.6 is 23.2 Å². The molecule has 150 valence electrons. The molecule has 5 nitrogen and oxygen atoms in total. The molecule has 2 aromatic carbocycles. The van der Waals surface area contributed by atoms with Crippen molar-refractivity contribution < 1.29 is 14.4 Å². The number of nitrogens with one attached hydrogen (secondary N) is 2. The molecule has 0 saturated carbocycles. The van der Waals surface area contributed by atoms with E-state index in [-0.39, 0.29) is 17.7 Å². The average molecular weight is 431 g/mol. The molecule has 1 aliphatic rings. The zero-order valence-corrected chi connectivity index (χ0v) is 17.3. The quantitative estimate of drug-likeness (QED) is 0.531. The molecule has 0 spiro atoms. The lowest BCUT2D eigenvalue weighted by atomic mass is 9.72. The van der Waals surface area contributed by atoms with Gasteiger partial charge in [0, 0.05) is 33.8 Å². The molecule has 0 radical (unpaired) electrons. The molecule has 29 heavy (non-hydrogen) atoms. The Kier molecular flexibility index (Phi) is 6.40. The third-order valence-electron chi connectivity index (χ3n) is 5.18. The molecule has 1 unspecified atom stereocenters. The lowest BCUT2D eigenvalue weighted by Gasteiger charge is -2.35. The number of anilines is 1. The highest BCUT2D eigenvalue weighted by Gasteiger charge is 2.42. The second kappa shape index (κ2) is 8.80. The van der Waals surface area contributed by atoms with Gasteiger partial charge in [0.05, 0.1) is 5.41 Å². The topological polar surface area (TPSA) is 75.3 Å². The van der Waals surface area contributed by atoms with Crippen LogP contribution in [0, 0.1) is 0 Å². The first-order chi connectivity index (χ1) is 13.9. The third kappa shape index (κ3) is 4.52. The van der Waals surface area contributed by atoms with Crippen molar-refractivity contribution >= 4 is 52.7 Å². The van der Waals surface area contributed by atoms with Gasteiger partial charge in [0.15, 0.2) is 0 Å². The van der Waals surface area contributed by atoms with Gasteiger partial charge in [0.25, 0.3) is 0 Å². The van der Waals surface area contributed by atoms with E-state index in [2.05, 4.69) is 10.6 Å². The van der Waals surface area contributed by atoms with Crippen molar-refractivity contribution in [1.29, 1.82) is 0 Å². The van der Waals surface area contributed by atoms with Crippen LogP contribution in [-0.2, 0) is 19.8 Å². The molecule has 0 aliphatic carbocycles. The van der Waals surface area contributed by atoms with Crippen molar-refractivity contribution in [2.75, 3.05) is 5.32 Å². The van der Waals surface area contributed by atoms with E-state index in [1.54, 1.807) is 36.4 Å². The Labute approximate surface area is 179 Å². The van der Waals surface area contributed by atoms with Crippen LogP contribution in [-0.4, -0.2) is 17.7 Å². The Morgan fingerprint density at radius 3 is 2.38 bits per heavy atom. The van der Waals surface area contributed by atoms with E-state index in [1.807, 2.05) is 19.1 Å². The molecular formula is C22H20Cl2N2O3. The van der Waals surface area contributed by atoms with E-state index >= 15 is 0 Å². The van der Waals surface area contributed by atoms with E-state index in [1.165, 1.54) is 6.08 Å². The normalized spacial score (nSPS) is 19.3. The Balaban J connectivity index is 1.72. The molecule has 1 heterocycles. The number of benzene rings is 2. The summed E-state index contributed by atoms with van der Waals surface area (Å²) in [5.74, 6) is -0.846. The number of hydrogen-bond acceptors (Lipinski definition) is 3. The Hall–Kier alpha value is -2.63. The molecule has 1 saturated heterocycles. The SMILES string of the molecule is CCC1(c2ccc(NC(=O)/C=C/c3c(Cl)cccc3Cl)cc2)CCC(=O)NC1=O. The van der Waals surface area contributed by atoms with E-state index in [0.29, 0.717) is 40.6 Å². The number of carbonyl (C=O) groups excluding carboxylic acids is 3. The monoisotopic (exact) mass is 430 g/mol. The maximum absolute atomic E-state index is 12.5. The minimum Gasteiger partial charge on any atom is -0.323 e. The van der Waals surface area contributed by atoms with Gasteiger partial charge < -0.3 is 5.32 Å². The van der Waals surface area contributed by atoms with Gasteiger partial charge in [-0.1, -0.05) is 48.3 Å². The Morgan fingerprint density at radius 2 is 1.79 bits per heavy atom. The number of amides is 3. The van der Waals surface area contributed by atoms with Crippen molar-refractivity contribution in [1.82, 2.24) is 5.32 Å². The number of halogens is 2. The summed E-state index contributed by atoms with van der Waals surface area (Å²) in [6.45, 7) is 1.93. The maximum Gasteiger partial charge on any atom is 0.248 e. The molecule has 0 aromatic heterocycles. The molecule has 2 N–H and O–H groups in total. The van der Waals surface area contributed by atoms with Gasteiger partial charge in [0.2, 0.25) is 17.7 Å². The average Bonchev–Trinajstić information content (AvgIpc) is 2.69. The number of carbonyl (C=O) groups is 3. The summed E-state index contributed by atoms with van der Waals surface area (Å²) >= 11 is 12.2. The van der Waals surface area contributed by atoms with Gasteiger partial charge in [-0.2, -0.15) is 0 Å². The van der Waals surface area contributed by atoms with Gasteiger partial charge >= 0.3 is 0 Å². The van der Waals surface area contributed by atoms with Crippen molar-refractivity contribution in [3.8, 4) is 0 Å². The smallest absolute Gasteiger partial charge is 0.248 e. The summed E-state index contributed by atoms with van der Waals surface area (Å²) < 4.78 is 0. The predicted molar refractivity (Wildman–Crippen MR) is 115 cm³/mol. The first-order valence-electron chi connectivity index (χ1n) is 9.23. The molecule has 3 amide bonds. The van der Waals surface area contributed by atoms with Crippen LogP contribution in [0.15, 0.2) is 48.5 Å². The Bertz CT molecular complexity index is 966. The highest BCUT2D eigenvalue weighted by molar-refractivity contribution is 6.37. The number of piperidine rings is 1. The molecule has 2 aromatic rings. The van der Waals surface area contributed by atoms with E-state index in [0.717, 1.165) is 5.56 Å². The molecule has 3 rings (SSSR count). The van der Waals surface area contributed by atoms with Crippen molar-refractivity contribution in [2.24, 2.45) is 0 Å². The van der Waals surface area contributed by atoms with Crippen LogP contribution < -0.4 is 10.6 Å². The summed E-state index contributed by atoms with van der Waals surface area (Å²) in [5.41, 5.74) is 1.26. The molecule has 1 fully saturated rings. The van der Waals surface area contributed by atoms with Crippen LogP contribution in [0.3, 0.4) is 0 Å². The fourth-order valence-corrected chi connectivity index (χ4v) is 3.98. The van der Waals surface area contributed by atoms with Gasteiger partial charge in [-0.15, -0.1) is 0 Å². The van der Waals surface area contributed by atoms with Gasteiger partial charge in [-0.25, -0.2) is 0 Å². The zero-order valence-electron chi connectivity index (χ0n) is 15.8. The van der Waals surface area contributed by atoms with Gasteiger partial charge in [-0.05, 0) is 48.7 Å². The molecule has 1 aliphatic heterocycles. The molecular weight excluding hydrogens is 411 g/mol. The van der Waals surface area contributed by atoms with Crippen molar-refractivity contribution in [3.63, 3.8) is 0 Å². The van der Waals surface area contributed by atoms with Crippen LogP contribution in [0.2, 0.25) is 10.0 Å².